The monoisotopic (exact) mass is 344 g/mol. The Morgan fingerprint density at radius 3 is 2.88 bits per heavy atom. The topological polar surface area (TPSA) is 43.4 Å². The molecule has 1 aromatic carbocycles. The summed E-state index contributed by atoms with van der Waals surface area (Å²) in [4.78, 5) is 4.61. The number of nitrogens with zero attached hydrogens (tertiary/aromatic N) is 2. The maximum absolute atomic E-state index is 5.70. The van der Waals surface area contributed by atoms with Crippen molar-refractivity contribution in [2.24, 2.45) is 0 Å². The number of benzene rings is 1. The van der Waals surface area contributed by atoms with Gasteiger partial charge in [-0.05, 0) is 25.1 Å². The molecule has 6 heteroatoms. The molecule has 134 valence electrons. The first-order valence-electron chi connectivity index (χ1n) is 8.76. The zero-order valence-corrected chi connectivity index (χ0v) is 14.8. The van der Waals surface area contributed by atoms with E-state index in [4.69, 9.17) is 18.9 Å². The molecule has 0 bridgehead atoms. The highest BCUT2D eigenvalue weighted by molar-refractivity contribution is 5.62. The van der Waals surface area contributed by atoms with Gasteiger partial charge in [-0.2, -0.15) is 0 Å². The van der Waals surface area contributed by atoms with Crippen molar-refractivity contribution in [3.05, 3.63) is 17.2 Å². The van der Waals surface area contributed by atoms with Crippen LogP contribution in [0.1, 0.15) is 17.2 Å². The van der Waals surface area contributed by atoms with E-state index in [0.29, 0.717) is 5.75 Å². The van der Waals surface area contributed by atoms with E-state index in [0.717, 1.165) is 62.9 Å². The molecule has 6 nitrogen and oxygen atoms in total. The highest BCUT2D eigenvalue weighted by Gasteiger charge is 2.33. The Bertz CT molecular complexity index is 704. The smallest absolute Gasteiger partial charge is 0.231 e. The molecule has 0 aliphatic carbocycles. The van der Waals surface area contributed by atoms with Crippen LogP contribution in [0.4, 0.5) is 0 Å². The van der Waals surface area contributed by atoms with E-state index in [1.165, 1.54) is 5.56 Å². The largest absolute Gasteiger partial charge is 0.492 e. The standard InChI is InChI=1S/C19H24N2O4/c1-20-7-5-14-12-16-18(25-13-24-16)19(22-2)17(14)15(20)4-3-6-21-8-10-23-11-9-21/h12,15H,5-11,13H2,1-2H3. The fraction of sp³-hybridized carbons (Fsp3) is 0.579. The molecular weight excluding hydrogens is 320 g/mol. The number of morpholine rings is 1. The summed E-state index contributed by atoms with van der Waals surface area (Å²) in [6.07, 6.45) is 0.959. The van der Waals surface area contributed by atoms with E-state index in [1.54, 1.807) is 7.11 Å². The van der Waals surface area contributed by atoms with E-state index >= 15 is 0 Å². The third kappa shape index (κ3) is 3.15. The molecular formula is C19H24N2O4. The minimum absolute atomic E-state index is 0.00856. The van der Waals surface area contributed by atoms with Gasteiger partial charge >= 0.3 is 0 Å². The molecule has 4 rings (SSSR count). The van der Waals surface area contributed by atoms with Gasteiger partial charge in [0.05, 0.1) is 26.9 Å². The van der Waals surface area contributed by atoms with Gasteiger partial charge in [0, 0.05) is 25.2 Å². The first-order chi connectivity index (χ1) is 12.3. The second-order valence-electron chi connectivity index (χ2n) is 6.56. The van der Waals surface area contributed by atoms with Crippen LogP contribution in [-0.4, -0.2) is 70.1 Å². The molecule has 1 atom stereocenters. The van der Waals surface area contributed by atoms with Gasteiger partial charge in [-0.3, -0.25) is 9.80 Å². The lowest BCUT2D eigenvalue weighted by Gasteiger charge is -2.32. The SMILES string of the molecule is COc1c2c(cc3c1C(C#CCN1CCOCC1)N(C)CC3)OCO2. The van der Waals surface area contributed by atoms with Crippen LogP contribution in [0.5, 0.6) is 17.2 Å². The van der Waals surface area contributed by atoms with Crippen LogP contribution in [0, 0.1) is 11.8 Å². The van der Waals surface area contributed by atoms with Gasteiger partial charge in [0.25, 0.3) is 0 Å². The van der Waals surface area contributed by atoms with Gasteiger partial charge in [-0.1, -0.05) is 11.8 Å². The molecule has 25 heavy (non-hydrogen) atoms. The van der Waals surface area contributed by atoms with Crippen LogP contribution in [0.3, 0.4) is 0 Å². The summed E-state index contributed by atoms with van der Waals surface area (Å²) in [5, 5.41) is 0. The van der Waals surface area contributed by atoms with Crippen molar-refractivity contribution in [1.29, 1.82) is 0 Å². The lowest BCUT2D eigenvalue weighted by atomic mass is 9.91. The van der Waals surface area contributed by atoms with Gasteiger partial charge in [0.1, 0.15) is 6.04 Å². The second-order valence-corrected chi connectivity index (χ2v) is 6.56. The van der Waals surface area contributed by atoms with Gasteiger partial charge in [-0.15, -0.1) is 0 Å². The summed E-state index contributed by atoms with van der Waals surface area (Å²) in [5.74, 6) is 9.07. The van der Waals surface area contributed by atoms with Crippen molar-refractivity contribution < 1.29 is 18.9 Å². The van der Waals surface area contributed by atoms with Crippen LogP contribution in [-0.2, 0) is 11.2 Å². The number of methoxy groups -OCH3 is 1. The first kappa shape index (κ1) is 16.5. The molecule has 0 aromatic heterocycles. The number of rotatable bonds is 2. The summed E-state index contributed by atoms with van der Waals surface area (Å²) in [6, 6.07) is 2.10. The van der Waals surface area contributed by atoms with Crippen LogP contribution < -0.4 is 14.2 Å². The molecule has 0 radical (unpaired) electrons. The van der Waals surface area contributed by atoms with Crippen molar-refractivity contribution in [1.82, 2.24) is 9.80 Å². The van der Waals surface area contributed by atoms with E-state index < -0.39 is 0 Å². The fourth-order valence-corrected chi connectivity index (χ4v) is 3.63. The molecule has 0 N–H and O–H groups in total. The third-order valence-electron chi connectivity index (χ3n) is 5.04. The molecule has 1 unspecified atom stereocenters. The lowest BCUT2D eigenvalue weighted by molar-refractivity contribution is 0.0443. The maximum Gasteiger partial charge on any atom is 0.231 e. The number of ether oxygens (including phenoxy) is 4. The Balaban J connectivity index is 1.63. The van der Waals surface area contributed by atoms with E-state index in [1.807, 2.05) is 0 Å². The van der Waals surface area contributed by atoms with Gasteiger partial charge in [0.15, 0.2) is 11.5 Å². The van der Waals surface area contributed by atoms with Crippen molar-refractivity contribution in [3.63, 3.8) is 0 Å². The van der Waals surface area contributed by atoms with Gasteiger partial charge < -0.3 is 18.9 Å². The molecule has 0 saturated carbocycles. The van der Waals surface area contributed by atoms with Gasteiger partial charge in [0.2, 0.25) is 12.5 Å². The molecule has 0 spiro atoms. The average Bonchev–Trinajstić information content (AvgIpc) is 3.11. The lowest BCUT2D eigenvalue weighted by Crippen LogP contribution is -2.36. The highest BCUT2D eigenvalue weighted by atomic mass is 16.7. The molecule has 0 amide bonds. The van der Waals surface area contributed by atoms with E-state index in [2.05, 4.69) is 34.8 Å². The second kappa shape index (κ2) is 7.12. The Morgan fingerprint density at radius 1 is 1.24 bits per heavy atom. The number of likely N-dealkylation sites (N-methyl/N-ethyl adjacent to an activating group) is 1. The van der Waals surface area contributed by atoms with Crippen LogP contribution in [0.25, 0.3) is 0 Å². The number of hydrogen-bond acceptors (Lipinski definition) is 6. The van der Waals surface area contributed by atoms with Crippen molar-refractivity contribution in [3.8, 4) is 29.1 Å². The zero-order valence-electron chi connectivity index (χ0n) is 14.8. The predicted octanol–water partition coefficient (Wildman–Crippen LogP) is 1.29. The van der Waals surface area contributed by atoms with E-state index in [-0.39, 0.29) is 12.8 Å². The Labute approximate surface area is 148 Å². The van der Waals surface area contributed by atoms with Crippen molar-refractivity contribution in [2.45, 2.75) is 12.5 Å². The van der Waals surface area contributed by atoms with Crippen molar-refractivity contribution in [2.75, 3.05) is 60.3 Å². The first-order valence-corrected chi connectivity index (χ1v) is 8.76. The van der Waals surface area contributed by atoms with E-state index in [9.17, 15) is 0 Å². The predicted molar refractivity (Wildman–Crippen MR) is 93.2 cm³/mol. The molecule has 3 heterocycles. The minimum atomic E-state index is 0.00856. The summed E-state index contributed by atoms with van der Waals surface area (Å²) < 4.78 is 22.3. The van der Waals surface area contributed by atoms with Gasteiger partial charge in [-0.25, -0.2) is 0 Å². The third-order valence-corrected chi connectivity index (χ3v) is 5.04. The quantitative estimate of drug-likeness (QED) is 0.754. The van der Waals surface area contributed by atoms with Crippen LogP contribution in [0.2, 0.25) is 0 Å². The summed E-state index contributed by atoms with van der Waals surface area (Å²) in [6.45, 7) is 5.48. The maximum atomic E-state index is 5.70. The fourth-order valence-electron chi connectivity index (χ4n) is 3.63. The van der Waals surface area contributed by atoms with Crippen LogP contribution >= 0.6 is 0 Å². The Hall–Kier alpha value is -1.94. The molecule has 3 aliphatic rings. The number of fused-ring (bicyclic) bond motifs is 2. The minimum Gasteiger partial charge on any atom is -0.492 e. The Kier molecular flexibility index (Phi) is 4.71. The molecule has 1 saturated heterocycles. The molecule has 1 aromatic rings. The molecule has 1 fully saturated rings. The average molecular weight is 344 g/mol. The zero-order chi connectivity index (χ0) is 17.2. The normalized spacial score (nSPS) is 22.9. The number of hydrogen-bond donors (Lipinski definition) is 0. The summed E-state index contributed by atoms with van der Waals surface area (Å²) in [5.41, 5.74) is 2.36. The molecule has 3 aliphatic heterocycles. The summed E-state index contributed by atoms with van der Waals surface area (Å²) in [7, 11) is 3.80. The van der Waals surface area contributed by atoms with Crippen LogP contribution in [0.15, 0.2) is 6.07 Å². The Morgan fingerprint density at radius 2 is 2.08 bits per heavy atom. The highest BCUT2D eigenvalue weighted by Crippen LogP contribution is 2.49. The summed E-state index contributed by atoms with van der Waals surface area (Å²) >= 11 is 0. The van der Waals surface area contributed by atoms with Crippen molar-refractivity contribution >= 4 is 0 Å².